The van der Waals surface area contributed by atoms with Crippen LogP contribution in [0.1, 0.15) is 32.6 Å². The number of alkyl halides is 1. The van der Waals surface area contributed by atoms with Gasteiger partial charge in [-0.2, -0.15) is 0 Å². The van der Waals surface area contributed by atoms with Gasteiger partial charge >= 0.3 is 0 Å². The Kier molecular flexibility index (Phi) is 14.5. The molecule has 0 amide bonds. The summed E-state index contributed by atoms with van der Waals surface area (Å²) in [5.41, 5.74) is 0.182. The Labute approximate surface area is 227 Å². The zero-order valence-corrected chi connectivity index (χ0v) is 23.0. The molecule has 11 heteroatoms. The molecule has 1 aliphatic rings. The Balaban J connectivity index is 0.000000281. The largest absolute Gasteiger partial charge is 0.494 e. The van der Waals surface area contributed by atoms with E-state index in [2.05, 4.69) is 32.7 Å². The molecule has 0 radical (unpaired) electrons. The van der Waals surface area contributed by atoms with Crippen LogP contribution >= 0.6 is 15.9 Å². The molecular weight excluding hydrogens is 544 g/mol. The zero-order chi connectivity index (χ0) is 26.9. The number of nitro groups is 2. The fourth-order valence-corrected chi connectivity index (χ4v) is 4.07. The molecule has 3 rings (SSSR count). The second kappa shape index (κ2) is 17.7. The molecule has 10 nitrogen and oxygen atoms in total. The van der Waals surface area contributed by atoms with Gasteiger partial charge in [0, 0.05) is 55.8 Å². The Morgan fingerprint density at radius 1 is 0.730 bits per heavy atom. The van der Waals surface area contributed by atoms with Crippen molar-refractivity contribution in [2.75, 3.05) is 57.8 Å². The highest BCUT2D eigenvalue weighted by molar-refractivity contribution is 9.09. The van der Waals surface area contributed by atoms with Gasteiger partial charge in [0.2, 0.25) is 0 Å². The standard InChI is InChI=1S/C16H25N3O3.C10H12BrNO3/c1-2-17-10-12-18(13-11-17)9-3-4-14-22-16-7-5-15(6-8-16)19(20)21;11-7-1-2-8-15-10-5-3-9(4-6-10)12(13)14/h5-8H,2-4,9-14H2,1H3;3-6H,1-2,7-8H2. The van der Waals surface area contributed by atoms with E-state index in [4.69, 9.17) is 9.47 Å². The number of unbranched alkanes of at least 4 members (excludes halogenated alkanes) is 2. The lowest BCUT2D eigenvalue weighted by Gasteiger charge is -2.33. The molecule has 1 fully saturated rings. The first-order valence-electron chi connectivity index (χ1n) is 12.7. The third-order valence-corrected chi connectivity index (χ3v) is 6.50. The quantitative estimate of drug-likeness (QED) is 0.124. The Hall–Kier alpha value is -2.76. The van der Waals surface area contributed by atoms with Gasteiger partial charge in [-0.3, -0.25) is 20.2 Å². The second-order valence-electron chi connectivity index (χ2n) is 8.58. The van der Waals surface area contributed by atoms with E-state index in [9.17, 15) is 20.2 Å². The van der Waals surface area contributed by atoms with Gasteiger partial charge in [0.15, 0.2) is 0 Å². The monoisotopic (exact) mass is 580 g/mol. The van der Waals surface area contributed by atoms with Crippen molar-refractivity contribution in [3.05, 3.63) is 68.8 Å². The summed E-state index contributed by atoms with van der Waals surface area (Å²) < 4.78 is 11.0. The number of rotatable bonds is 14. The van der Waals surface area contributed by atoms with Crippen LogP contribution in [-0.4, -0.2) is 77.5 Å². The smallest absolute Gasteiger partial charge is 0.269 e. The minimum absolute atomic E-state index is 0.0859. The lowest BCUT2D eigenvalue weighted by atomic mass is 10.2. The third kappa shape index (κ3) is 12.4. The Bertz CT molecular complexity index is 922. The van der Waals surface area contributed by atoms with Crippen molar-refractivity contribution in [1.29, 1.82) is 0 Å². The predicted molar refractivity (Wildman–Crippen MR) is 148 cm³/mol. The number of non-ortho nitro benzene ring substituents is 2. The highest BCUT2D eigenvalue weighted by Gasteiger charge is 2.14. The third-order valence-electron chi connectivity index (χ3n) is 5.94. The van der Waals surface area contributed by atoms with E-state index in [0.717, 1.165) is 57.2 Å². The van der Waals surface area contributed by atoms with Crippen LogP contribution in [0.2, 0.25) is 0 Å². The van der Waals surface area contributed by atoms with Crippen molar-refractivity contribution in [3.63, 3.8) is 0 Å². The van der Waals surface area contributed by atoms with Gasteiger partial charge in [-0.15, -0.1) is 0 Å². The van der Waals surface area contributed by atoms with Crippen molar-refractivity contribution in [1.82, 2.24) is 9.80 Å². The molecule has 0 aliphatic carbocycles. The first kappa shape index (κ1) is 30.5. The molecule has 1 saturated heterocycles. The number of piperazine rings is 1. The fraction of sp³-hybridized carbons (Fsp3) is 0.538. The Morgan fingerprint density at radius 2 is 1.16 bits per heavy atom. The molecule has 0 spiro atoms. The van der Waals surface area contributed by atoms with Gasteiger partial charge in [-0.05, 0) is 63.0 Å². The number of nitro benzene ring substituents is 2. The highest BCUT2D eigenvalue weighted by atomic mass is 79.9. The van der Waals surface area contributed by atoms with Crippen molar-refractivity contribution >= 4 is 27.3 Å². The molecule has 0 bridgehead atoms. The van der Waals surface area contributed by atoms with Gasteiger partial charge < -0.3 is 19.3 Å². The summed E-state index contributed by atoms with van der Waals surface area (Å²) in [6, 6.07) is 12.4. The van der Waals surface area contributed by atoms with E-state index in [1.807, 2.05) is 0 Å². The molecule has 37 heavy (non-hydrogen) atoms. The summed E-state index contributed by atoms with van der Waals surface area (Å²) in [6.45, 7) is 10.5. The molecule has 2 aromatic carbocycles. The number of halogens is 1. The molecule has 0 N–H and O–H groups in total. The minimum Gasteiger partial charge on any atom is -0.494 e. The topological polar surface area (TPSA) is 111 Å². The molecule has 1 aliphatic heterocycles. The van der Waals surface area contributed by atoms with E-state index in [-0.39, 0.29) is 11.4 Å². The molecule has 204 valence electrons. The number of ether oxygens (including phenoxy) is 2. The first-order valence-corrected chi connectivity index (χ1v) is 13.8. The zero-order valence-electron chi connectivity index (χ0n) is 21.4. The van der Waals surface area contributed by atoms with Crippen molar-refractivity contribution in [2.45, 2.75) is 32.6 Å². The summed E-state index contributed by atoms with van der Waals surface area (Å²) in [5, 5.41) is 21.9. The average molecular weight is 582 g/mol. The van der Waals surface area contributed by atoms with Crippen LogP contribution < -0.4 is 9.47 Å². The lowest BCUT2D eigenvalue weighted by Crippen LogP contribution is -2.46. The van der Waals surface area contributed by atoms with Crippen molar-refractivity contribution in [2.24, 2.45) is 0 Å². The normalized spacial score (nSPS) is 13.9. The Morgan fingerprint density at radius 3 is 1.57 bits per heavy atom. The second-order valence-corrected chi connectivity index (χ2v) is 9.37. The van der Waals surface area contributed by atoms with Gasteiger partial charge in [0.25, 0.3) is 11.4 Å². The predicted octanol–water partition coefficient (Wildman–Crippen LogP) is 5.54. The van der Waals surface area contributed by atoms with Crippen LogP contribution in [-0.2, 0) is 0 Å². The molecular formula is C26H37BrN4O6. The van der Waals surface area contributed by atoms with Gasteiger partial charge in [0.05, 0.1) is 23.1 Å². The summed E-state index contributed by atoms with van der Waals surface area (Å²) in [5.74, 6) is 1.37. The molecule has 0 aromatic heterocycles. The summed E-state index contributed by atoms with van der Waals surface area (Å²) in [7, 11) is 0. The van der Waals surface area contributed by atoms with Crippen LogP contribution in [0, 0.1) is 20.2 Å². The average Bonchev–Trinajstić information content (AvgIpc) is 2.92. The van der Waals surface area contributed by atoms with Crippen LogP contribution in [0.25, 0.3) is 0 Å². The van der Waals surface area contributed by atoms with Gasteiger partial charge in [-0.25, -0.2) is 0 Å². The van der Waals surface area contributed by atoms with Gasteiger partial charge in [-0.1, -0.05) is 22.9 Å². The van der Waals surface area contributed by atoms with Crippen molar-refractivity contribution < 1.29 is 19.3 Å². The minimum atomic E-state index is -0.422. The number of nitrogens with zero attached hydrogens (tertiary/aromatic N) is 4. The van der Waals surface area contributed by atoms with E-state index in [1.165, 1.54) is 37.4 Å². The molecule has 0 atom stereocenters. The maximum absolute atomic E-state index is 10.6. The number of hydrogen-bond acceptors (Lipinski definition) is 8. The molecule has 0 unspecified atom stereocenters. The molecule has 1 heterocycles. The summed E-state index contributed by atoms with van der Waals surface area (Å²) >= 11 is 3.33. The van der Waals surface area contributed by atoms with E-state index >= 15 is 0 Å². The molecule has 0 saturated carbocycles. The number of benzene rings is 2. The van der Waals surface area contributed by atoms with Crippen LogP contribution in [0.5, 0.6) is 11.5 Å². The first-order chi connectivity index (χ1) is 17.9. The maximum Gasteiger partial charge on any atom is 0.269 e. The van der Waals surface area contributed by atoms with Gasteiger partial charge in [0.1, 0.15) is 11.5 Å². The summed E-state index contributed by atoms with van der Waals surface area (Å²) in [6.07, 6.45) is 4.17. The van der Waals surface area contributed by atoms with Crippen LogP contribution in [0.3, 0.4) is 0 Å². The van der Waals surface area contributed by atoms with E-state index in [0.29, 0.717) is 24.7 Å². The van der Waals surface area contributed by atoms with E-state index < -0.39 is 9.85 Å². The van der Waals surface area contributed by atoms with Crippen LogP contribution in [0.15, 0.2) is 48.5 Å². The van der Waals surface area contributed by atoms with E-state index in [1.54, 1.807) is 24.3 Å². The number of likely N-dealkylation sites (N-methyl/N-ethyl adjacent to an activating group) is 1. The van der Waals surface area contributed by atoms with Crippen LogP contribution in [0.4, 0.5) is 11.4 Å². The van der Waals surface area contributed by atoms with Crippen molar-refractivity contribution in [3.8, 4) is 11.5 Å². The molecule has 2 aromatic rings. The number of hydrogen-bond donors (Lipinski definition) is 0. The SMILES string of the molecule is CCN1CCN(CCCCOc2ccc([N+](=O)[O-])cc2)CC1.O=[N+]([O-])c1ccc(OCCCCBr)cc1. The maximum atomic E-state index is 10.6. The fourth-order valence-electron chi connectivity index (χ4n) is 3.67. The lowest BCUT2D eigenvalue weighted by molar-refractivity contribution is -0.385. The highest BCUT2D eigenvalue weighted by Crippen LogP contribution is 2.18. The summed E-state index contributed by atoms with van der Waals surface area (Å²) in [4.78, 5) is 25.1.